The molecule has 0 heterocycles. The van der Waals surface area contributed by atoms with Gasteiger partial charge in [0.25, 0.3) is 5.92 Å². The second-order valence-electron chi connectivity index (χ2n) is 11.0. The molecule has 3 saturated carbocycles. The van der Waals surface area contributed by atoms with Crippen molar-refractivity contribution in [1.29, 1.82) is 0 Å². The van der Waals surface area contributed by atoms with Gasteiger partial charge in [-0.25, -0.2) is 30.7 Å². The molecule has 3 aliphatic carbocycles. The smallest absolute Gasteiger partial charge is 0.237 e. The third-order valence-electron chi connectivity index (χ3n) is 7.78. The molecule has 40 heavy (non-hydrogen) atoms. The third kappa shape index (κ3) is 6.72. The lowest BCUT2D eigenvalue weighted by Crippen LogP contribution is -2.60. The molecule has 3 rings (SSSR count). The fraction of sp³-hybridized carbons (Fsp3) is 1.00. The van der Waals surface area contributed by atoms with Gasteiger partial charge in [0, 0.05) is 24.2 Å². The van der Waals surface area contributed by atoms with E-state index in [1.807, 2.05) is 0 Å². The summed E-state index contributed by atoms with van der Waals surface area (Å²) in [7, 11) is 0. The van der Waals surface area contributed by atoms with E-state index in [1.165, 1.54) is 6.92 Å². The van der Waals surface area contributed by atoms with Gasteiger partial charge < -0.3 is 0 Å². The summed E-state index contributed by atoms with van der Waals surface area (Å²) in [6.45, 7) is 2.55. The van der Waals surface area contributed by atoms with Gasteiger partial charge in [0.05, 0.1) is 6.42 Å². The summed E-state index contributed by atoms with van der Waals surface area (Å²) in [5.74, 6) is -33.2. The summed E-state index contributed by atoms with van der Waals surface area (Å²) >= 11 is 0. The van der Waals surface area contributed by atoms with Crippen molar-refractivity contribution >= 4 is 0 Å². The Morgan fingerprint density at radius 1 is 0.650 bits per heavy atom. The number of hydrogen-bond acceptors (Lipinski definition) is 0. The summed E-state index contributed by atoms with van der Waals surface area (Å²) in [5.41, 5.74) is -4.62. The Morgan fingerprint density at radius 3 is 1.38 bits per heavy atom. The molecule has 0 radical (unpaired) electrons. The summed E-state index contributed by atoms with van der Waals surface area (Å²) in [4.78, 5) is 0. The minimum atomic E-state index is -5.22. The van der Waals surface area contributed by atoms with E-state index in [-0.39, 0.29) is 12.8 Å². The standard InChI is InChI=1S/C10H14F6.C7H8F6.C6H7F5/c1-8(4-2-3-5-8)10(15,16)6-9(13,14)7(11)12;1-4-2-3-5(8,9)7(12,13)6(4,10)11;1-4(7)2-3-5(8,9)6(4,10)11/h7H,2-6H2,1H3;4H,2-3H2,1H3;2-3H2,1H3/t;4-;/m.0./s1. The van der Waals surface area contributed by atoms with Crippen molar-refractivity contribution in [2.24, 2.45) is 11.3 Å². The molecule has 3 fully saturated rings. The molecule has 2 atom stereocenters. The van der Waals surface area contributed by atoms with Crippen molar-refractivity contribution in [3.8, 4) is 0 Å². The van der Waals surface area contributed by atoms with Crippen LogP contribution in [0.4, 0.5) is 74.6 Å². The second-order valence-corrected chi connectivity index (χ2v) is 11.0. The van der Waals surface area contributed by atoms with Gasteiger partial charge in [-0.1, -0.05) is 26.7 Å². The van der Waals surface area contributed by atoms with Crippen molar-refractivity contribution < 1.29 is 74.6 Å². The topological polar surface area (TPSA) is 0 Å². The van der Waals surface area contributed by atoms with Crippen molar-refractivity contribution in [2.75, 3.05) is 0 Å². The molecule has 0 bridgehead atoms. The van der Waals surface area contributed by atoms with Gasteiger partial charge in [-0.05, 0) is 32.6 Å². The quantitative estimate of drug-likeness (QED) is 0.272. The SMILES string of the molecule is CC1(C(F)(F)CC(F)(F)C(F)F)CCCC1.CC1(F)CCC(F)(F)C1(F)F.C[C@H]1CCC(F)(F)C(F)(F)C1(F)F. The van der Waals surface area contributed by atoms with E-state index in [4.69, 9.17) is 0 Å². The number of rotatable bonds is 4. The van der Waals surface area contributed by atoms with Crippen LogP contribution in [0.5, 0.6) is 0 Å². The molecule has 0 amide bonds. The maximum absolute atomic E-state index is 13.6. The first kappa shape index (κ1) is 36.8. The zero-order valence-corrected chi connectivity index (χ0v) is 21.4. The van der Waals surface area contributed by atoms with Gasteiger partial charge in [-0.2, -0.15) is 43.9 Å². The Labute approximate surface area is 219 Å². The Balaban J connectivity index is 0.000000305. The van der Waals surface area contributed by atoms with Gasteiger partial charge in [-0.15, -0.1) is 0 Å². The maximum atomic E-state index is 13.6. The Hall–Kier alpha value is -1.19. The van der Waals surface area contributed by atoms with Crippen LogP contribution >= 0.6 is 0 Å². The molecule has 0 spiro atoms. The normalized spacial score (nSPS) is 31.6. The summed E-state index contributed by atoms with van der Waals surface area (Å²) < 4.78 is 213. The van der Waals surface area contributed by atoms with E-state index in [9.17, 15) is 74.6 Å². The molecule has 240 valence electrons. The van der Waals surface area contributed by atoms with Crippen LogP contribution in [0.15, 0.2) is 0 Å². The first-order valence-corrected chi connectivity index (χ1v) is 12.1. The average Bonchev–Trinajstić information content (AvgIpc) is 3.28. The summed E-state index contributed by atoms with van der Waals surface area (Å²) in [5, 5.41) is 0. The Kier molecular flexibility index (Phi) is 10.3. The van der Waals surface area contributed by atoms with Gasteiger partial charge >= 0.3 is 42.0 Å². The minimum Gasteiger partial charge on any atom is -0.237 e. The number of alkyl halides is 17. The molecule has 3 aliphatic rings. The Morgan fingerprint density at radius 2 is 1.07 bits per heavy atom. The molecule has 0 aromatic heterocycles. The van der Waals surface area contributed by atoms with E-state index in [2.05, 4.69) is 0 Å². The summed E-state index contributed by atoms with van der Waals surface area (Å²) in [6, 6.07) is 0. The van der Waals surface area contributed by atoms with Crippen molar-refractivity contribution in [2.45, 2.75) is 132 Å². The molecule has 1 unspecified atom stereocenters. The fourth-order valence-corrected chi connectivity index (χ4v) is 4.48. The zero-order valence-electron chi connectivity index (χ0n) is 21.4. The van der Waals surface area contributed by atoms with E-state index < -0.39 is 97.0 Å². The highest BCUT2D eigenvalue weighted by atomic mass is 19.4. The number of hydrogen-bond donors (Lipinski definition) is 0. The van der Waals surface area contributed by atoms with Crippen molar-refractivity contribution in [1.82, 2.24) is 0 Å². The van der Waals surface area contributed by atoms with Gasteiger partial charge in [0.1, 0.15) is 0 Å². The van der Waals surface area contributed by atoms with Crippen molar-refractivity contribution in [3.63, 3.8) is 0 Å². The van der Waals surface area contributed by atoms with Crippen molar-refractivity contribution in [3.05, 3.63) is 0 Å². The highest BCUT2D eigenvalue weighted by Gasteiger charge is 2.75. The van der Waals surface area contributed by atoms with E-state index in [0.717, 1.165) is 6.92 Å². The molecule has 0 saturated heterocycles. The molecular formula is C23H29F17. The van der Waals surface area contributed by atoms with Gasteiger partial charge in [0.2, 0.25) is 0 Å². The van der Waals surface area contributed by atoms with E-state index in [0.29, 0.717) is 19.8 Å². The van der Waals surface area contributed by atoms with Crippen LogP contribution in [0.3, 0.4) is 0 Å². The van der Waals surface area contributed by atoms with Gasteiger partial charge in [0.15, 0.2) is 5.67 Å². The fourth-order valence-electron chi connectivity index (χ4n) is 4.48. The first-order valence-electron chi connectivity index (χ1n) is 12.1. The van der Waals surface area contributed by atoms with Crippen LogP contribution in [0.2, 0.25) is 0 Å². The predicted molar refractivity (Wildman–Crippen MR) is 109 cm³/mol. The largest absolute Gasteiger partial charge is 0.372 e. The summed E-state index contributed by atoms with van der Waals surface area (Å²) in [6.07, 6.45) is -8.44. The van der Waals surface area contributed by atoms with Crippen LogP contribution in [-0.4, -0.2) is 53.6 Å². The van der Waals surface area contributed by atoms with Crippen LogP contribution in [0, 0.1) is 11.3 Å². The highest BCUT2D eigenvalue weighted by molar-refractivity contribution is 5.06. The first-order chi connectivity index (χ1) is 17.4. The lowest BCUT2D eigenvalue weighted by Gasteiger charge is -2.40. The molecule has 0 nitrogen and oxygen atoms in total. The highest BCUT2D eigenvalue weighted by Crippen LogP contribution is 2.57. The van der Waals surface area contributed by atoms with E-state index in [1.54, 1.807) is 0 Å². The lowest BCUT2D eigenvalue weighted by atomic mass is 9.79. The molecular weight excluding hydrogens is 599 g/mol. The Bertz CT molecular complexity index is 822. The van der Waals surface area contributed by atoms with Crippen LogP contribution in [-0.2, 0) is 0 Å². The molecule has 0 N–H and O–H groups in total. The van der Waals surface area contributed by atoms with Gasteiger partial charge in [-0.3, -0.25) is 0 Å². The predicted octanol–water partition coefficient (Wildman–Crippen LogP) is 10.6. The van der Waals surface area contributed by atoms with Crippen LogP contribution in [0.1, 0.15) is 78.6 Å². The lowest BCUT2D eigenvalue weighted by molar-refractivity contribution is -0.344. The monoisotopic (exact) mass is 628 g/mol. The van der Waals surface area contributed by atoms with Crippen LogP contribution in [0.25, 0.3) is 0 Å². The zero-order chi connectivity index (χ0) is 32.0. The minimum absolute atomic E-state index is 0.110. The van der Waals surface area contributed by atoms with E-state index >= 15 is 0 Å². The molecule has 0 aromatic rings. The molecule has 0 aliphatic heterocycles. The molecule has 17 heteroatoms. The molecule has 0 aromatic carbocycles. The third-order valence-corrected chi connectivity index (χ3v) is 7.78. The average molecular weight is 628 g/mol. The number of halogens is 17. The second kappa shape index (κ2) is 11.1. The van der Waals surface area contributed by atoms with Crippen LogP contribution < -0.4 is 0 Å². The maximum Gasteiger partial charge on any atom is 0.372 e.